The summed E-state index contributed by atoms with van der Waals surface area (Å²) < 4.78 is 0. The largest absolute Gasteiger partial charge is 4.00 e. The molecule has 0 aliphatic heterocycles. The molecule has 1 saturated carbocycles. The molecule has 126 valence electrons. The molecular weight excluding hydrogens is 350 g/mol. The third-order valence-electron chi connectivity index (χ3n) is 5.06. The van der Waals surface area contributed by atoms with Gasteiger partial charge in [-0.15, -0.1) is 5.54 Å². The van der Waals surface area contributed by atoms with Crippen molar-refractivity contribution in [3.63, 3.8) is 0 Å². The van der Waals surface area contributed by atoms with E-state index in [0.717, 1.165) is 29.2 Å². The molecule has 0 heterocycles. The maximum atomic E-state index is 5.23. The van der Waals surface area contributed by atoms with Crippen molar-refractivity contribution in [2.45, 2.75) is 72.6 Å². The molecule has 1 aliphatic rings. The van der Waals surface area contributed by atoms with E-state index in [1.165, 1.54) is 0 Å². The number of hydrogen-bond acceptors (Lipinski definition) is 0. The van der Waals surface area contributed by atoms with E-state index in [4.69, 9.17) is 4.98 Å². The summed E-state index contributed by atoms with van der Waals surface area (Å²) in [4.78, 5) is 5.23. The molecule has 0 aromatic heterocycles. The zero-order valence-corrected chi connectivity index (χ0v) is 20.3. The molecule has 0 aromatic rings. The Morgan fingerprint density at radius 3 is 1.24 bits per heavy atom. The van der Waals surface area contributed by atoms with Gasteiger partial charge in [0.2, 0.25) is 0 Å². The van der Waals surface area contributed by atoms with Crippen LogP contribution in [0.4, 0.5) is 0 Å². The predicted molar refractivity (Wildman–Crippen MR) is 100 cm³/mol. The quantitative estimate of drug-likeness (QED) is 0.370. The van der Waals surface area contributed by atoms with E-state index < -0.39 is 8.24 Å². The Bertz CT molecular complexity index is 259. The molecule has 1 aliphatic carbocycles. The average molecular weight is 391 g/mol. The van der Waals surface area contributed by atoms with Crippen LogP contribution in [0.3, 0.4) is 0 Å². The summed E-state index contributed by atoms with van der Waals surface area (Å²) in [6.45, 7) is 21.5. The smallest absolute Gasteiger partial charge is 0.660 e. The molecule has 5 atom stereocenters. The molecule has 1 rings (SSSR count). The van der Waals surface area contributed by atoms with Gasteiger partial charge in [-0.1, -0.05) is 75.3 Å². The van der Waals surface area contributed by atoms with Crippen LogP contribution in [-0.2, 0) is 26.2 Å². The van der Waals surface area contributed by atoms with E-state index in [2.05, 4.69) is 61.6 Å². The fourth-order valence-electron chi connectivity index (χ4n) is 4.32. The number of nitrogens with zero attached hydrogens (tertiary/aromatic N) is 1. The third kappa shape index (κ3) is 7.00. The second-order valence-corrected chi connectivity index (χ2v) is 12.1. The van der Waals surface area contributed by atoms with Gasteiger partial charge in [0, 0.05) is 0 Å². The van der Waals surface area contributed by atoms with Crippen molar-refractivity contribution >= 4 is 8.24 Å². The monoisotopic (exact) mass is 389 g/mol. The number of rotatable bonds is 2. The third-order valence-corrected chi connectivity index (χ3v) is 8.99. The van der Waals surface area contributed by atoms with Crippen LogP contribution in [0, 0.1) is 46.0 Å². The molecule has 0 aromatic carbocycles. The van der Waals surface area contributed by atoms with Gasteiger partial charge in [-0.05, 0) is 23.7 Å². The van der Waals surface area contributed by atoms with Crippen LogP contribution < -0.4 is 0 Å². The fraction of sp³-hybridized carbons (Fsp3) is 0.833. The first-order valence-corrected chi connectivity index (χ1v) is 10.2. The Morgan fingerprint density at radius 1 is 0.714 bits per heavy atom. The SMILES string of the molecule is CC1C(C)[C@@H](C)[C@@H](C)C1[Si](C)(C)[N-]C(C)(C)C.[CH3-].[CH3-].[CH3-].[Zr+4]. The number of hydrogen-bond donors (Lipinski definition) is 0. The van der Waals surface area contributed by atoms with Crippen LogP contribution in [0.15, 0.2) is 0 Å². The van der Waals surface area contributed by atoms with Gasteiger partial charge in [-0.2, -0.15) is 0 Å². The van der Waals surface area contributed by atoms with Crippen molar-refractivity contribution in [2.75, 3.05) is 0 Å². The zero-order valence-electron chi connectivity index (χ0n) is 16.8. The van der Waals surface area contributed by atoms with Crippen LogP contribution in [0.2, 0.25) is 18.6 Å². The van der Waals surface area contributed by atoms with Gasteiger partial charge in [0.25, 0.3) is 0 Å². The molecular formula is C18H41NSiZr. The summed E-state index contributed by atoms with van der Waals surface area (Å²) in [5.41, 5.74) is 0.983. The summed E-state index contributed by atoms with van der Waals surface area (Å²) in [6.07, 6.45) is 0. The summed E-state index contributed by atoms with van der Waals surface area (Å²) in [7, 11) is -1.49. The van der Waals surface area contributed by atoms with Crippen LogP contribution in [-0.4, -0.2) is 13.8 Å². The first-order chi connectivity index (χ1) is 7.47. The Kier molecular flexibility index (Phi) is 14.3. The van der Waals surface area contributed by atoms with E-state index in [1.54, 1.807) is 0 Å². The topological polar surface area (TPSA) is 14.1 Å². The molecule has 1 nitrogen and oxygen atoms in total. The van der Waals surface area contributed by atoms with Gasteiger partial charge in [-0.25, -0.2) is 0 Å². The molecule has 0 saturated heterocycles. The van der Waals surface area contributed by atoms with Crippen LogP contribution in [0.5, 0.6) is 0 Å². The summed E-state index contributed by atoms with van der Waals surface area (Å²) in [6, 6.07) is 0. The van der Waals surface area contributed by atoms with Crippen molar-refractivity contribution in [1.29, 1.82) is 0 Å². The molecule has 0 amide bonds. The summed E-state index contributed by atoms with van der Waals surface area (Å²) >= 11 is 0. The Hall–Kier alpha value is 1.06. The fourth-order valence-corrected chi connectivity index (χ4v) is 9.37. The van der Waals surface area contributed by atoms with Crippen LogP contribution >= 0.6 is 0 Å². The molecule has 3 unspecified atom stereocenters. The van der Waals surface area contributed by atoms with Gasteiger partial charge in [0.05, 0.1) is 0 Å². The van der Waals surface area contributed by atoms with Gasteiger partial charge in [-0.3, -0.25) is 0 Å². The molecule has 1 fully saturated rings. The Morgan fingerprint density at radius 2 is 1.00 bits per heavy atom. The summed E-state index contributed by atoms with van der Waals surface area (Å²) in [5, 5.41) is 0. The minimum absolute atomic E-state index is 0. The second kappa shape index (κ2) is 10.0. The predicted octanol–water partition coefficient (Wildman–Crippen LogP) is 6.64. The van der Waals surface area contributed by atoms with Gasteiger partial charge in [0.1, 0.15) is 0 Å². The van der Waals surface area contributed by atoms with Crippen molar-refractivity contribution in [3.05, 3.63) is 27.3 Å². The maximum absolute atomic E-state index is 5.23. The molecule has 0 spiro atoms. The van der Waals surface area contributed by atoms with Crippen LogP contribution in [0.25, 0.3) is 4.98 Å². The zero-order chi connectivity index (χ0) is 13.6. The van der Waals surface area contributed by atoms with Gasteiger partial charge in [0.15, 0.2) is 0 Å². The maximum Gasteiger partial charge on any atom is 4.00 e. The average Bonchev–Trinajstić information content (AvgIpc) is 2.27. The summed E-state index contributed by atoms with van der Waals surface area (Å²) in [5.74, 6) is 3.40. The van der Waals surface area contributed by atoms with Gasteiger partial charge < -0.3 is 27.3 Å². The molecule has 0 N–H and O–H groups in total. The molecule has 0 radical (unpaired) electrons. The second-order valence-electron chi connectivity index (χ2n) is 7.90. The van der Waals surface area contributed by atoms with Crippen molar-refractivity contribution in [3.8, 4) is 0 Å². The van der Waals surface area contributed by atoms with Crippen LogP contribution in [0.1, 0.15) is 48.5 Å². The Balaban J connectivity index is -0.000000361. The van der Waals surface area contributed by atoms with Crippen molar-refractivity contribution in [2.24, 2.45) is 23.7 Å². The van der Waals surface area contributed by atoms with Gasteiger partial charge >= 0.3 is 26.2 Å². The first kappa shape index (κ1) is 30.0. The molecule has 3 heteroatoms. The molecule has 21 heavy (non-hydrogen) atoms. The molecule has 0 bridgehead atoms. The van der Waals surface area contributed by atoms with E-state index in [9.17, 15) is 0 Å². The minimum atomic E-state index is -1.49. The Labute approximate surface area is 157 Å². The van der Waals surface area contributed by atoms with Crippen molar-refractivity contribution < 1.29 is 26.2 Å². The van der Waals surface area contributed by atoms with Crippen molar-refractivity contribution in [1.82, 2.24) is 0 Å². The van der Waals surface area contributed by atoms with E-state index in [-0.39, 0.29) is 54.0 Å². The first-order valence-electron chi connectivity index (χ1n) is 7.21. The van der Waals surface area contributed by atoms with E-state index in [0.29, 0.717) is 0 Å². The van der Waals surface area contributed by atoms with E-state index in [1.807, 2.05) is 0 Å². The standard InChI is InChI=1S/C15H32NSi.3CH3.Zr/c1-10-11(2)13(4)14(12(10)3)17(8,9)16-15(5,6)7;;;;/h10-14H,1-9H3;3*1H3;/q4*-1;+4/t10-,11?,12-,13?,14?;;;;/m1..../s1. The minimum Gasteiger partial charge on any atom is -0.660 e. The van der Waals surface area contributed by atoms with E-state index >= 15 is 0 Å². The normalized spacial score (nSPS) is 32.1.